The summed E-state index contributed by atoms with van der Waals surface area (Å²) >= 11 is 0. The van der Waals surface area contributed by atoms with Crippen LogP contribution in [0.3, 0.4) is 0 Å². The number of nitrogens with one attached hydrogen (secondary N) is 3. The molecule has 4 aromatic rings. The molecule has 2 aromatic heterocycles. The lowest BCUT2D eigenvalue weighted by Gasteiger charge is -2.34. The van der Waals surface area contributed by atoms with E-state index in [2.05, 4.69) is 27.5 Å². The fraction of sp³-hybridized carbons (Fsp3) is 0.387. The zero-order chi connectivity index (χ0) is 28.9. The van der Waals surface area contributed by atoms with Crippen LogP contribution in [-0.4, -0.2) is 45.0 Å². The number of hydrogen-bond acceptors (Lipinski definition) is 4. The van der Waals surface area contributed by atoms with Gasteiger partial charge < -0.3 is 10.1 Å². The van der Waals surface area contributed by atoms with E-state index in [1.54, 1.807) is 23.2 Å². The molecule has 2 aromatic carbocycles. The van der Waals surface area contributed by atoms with Crippen LogP contribution in [0.15, 0.2) is 48.8 Å². The number of carbonyl (C=O) groups is 1. The minimum Gasteiger partial charge on any atom is -0.443 e. The highest BCUT2D eigenvalue weighted by Crippen LogP contribution is 2.32. The van der Waals surface area contributed by atoms with E-state index < -0.39 is 17.5 Å². The largest absolute Gasteiger partial charge is 0.443 e. The van der Waals surface area contributed by atoms with Gasteiger partial charge in [-0.1, -0.05) is 19.1 Å². The van der Waals surface area contributed by atoms with Gasteiger partial charge in [0.15, 0.2) is 6.54 Å². The SMILES string of the molecule is CC1CC=C(c2cc3c[n+](CC4CC=C(c5cc6cn[nH]c6cc5F)NC4)[nH]c3cc2F)N(C(=O)OC(C)(C)C)C1. The lowest BCUT2D eigenvalue weighted by molar-refractivity contribution is -0.753. The summed E-state index contributed by atoms with van der Waals surface area (Å²) in [6, 6.07) is 6.55. The van der Waals surface area contributed by atoms with Crippen molar-refractivity contribution >= 4 is 39.3 Å². The molecule has 8 nitrogen and oxygen atoms in total. The number of halogens is 2. The standard InChI is InChI=1S/C31H34F2N6O2/c1-18-5-8-29(39(15-18)30(40)41-31(2,3)4)23-10-21-17-38(37-28(21)12-25(23)33)16-19-6-7-26(34-13-19)22-9-20-14-35-36-27(20)11-24(22)32/h7-12,14,17-19,34H,5-6,13,15-16H2,1-4H3,(H,35,36)/p+1. The van der Waals surface area contributed by atoms with Crippen molar-refractivity contribution in [2.24, 2.45) is 11.8 Å². The second-order valence-electron chi connectivity index (χ2n) is 12.2. The summed E-state index contributed by atoms with van der Waals surface area (Å²) in [5.74, 6) is -0.192. The van der Waals surface area contributed by atoms with Gasteiger partial charge in [0.2, 0.25) is 6.20 Å². The van der Waals surface area contributed by atoms with E-state index in [1.807, 2.05) is 43.8 Å². The first kappa shape index (κ1) is 27.0. The number of carbonyl (C=O) groups excluding carboxylic acids is 1. The minimum atomic E-state index is -0.650. The maximum absolute atomic E-state index is 15.5. The highest BCUT2D eigenvalue weighted by atomic mass is 19.1. The van der Waals surface area contributed by atoms with E-state index >= 15 is 4.39 Å². The molecule has 41 heavy (non-hydrogen) atoms. The summed E-state index contributed by atoms with van der Waals surface area (Å²) in [6.45, 7) is 9.35. The fourth-order valence-electron chi connectivity index (χ4n) is 5.58. The number of hydrogen-bond donors (Lipinski definition) is 3. The molecule has 1 amide bonds. The molecule has 0 radical (unpaired) electrons. The van der Waals surface area contributed by atoms with Gasteiger partial charge in [-0.3, -0.25) is 10.00 Å². The molecular formula is C31H35F2N6O2+. The van der Waals surface area contributed by atoms with Crippen molar-refractivity contribution in [1.82, 2.24) is 25.5 Å². The Bertz CT molecular complexity index is 1700. The normalized spacial score (nSPS) is 19.7. The Morgan fingerprint density at radius 2 is 1.83 bits per heavy atom. The van der Waals surface area contributed by atoms with Gasteiger partial charge in [-0.15, -0.1) is 4.68 Å². The molecule has 4 heterocycles. The zero-order valence-electron chi connectivity index (χ0n) is 23.7. The van der Waals surface area contributed by atoms with E-state index in [-0.39, 0.29) is 17.7 Å². The van der Waals surface area contributed by atoms with Crippen LogP contribution in [0.1, 0.15) is 51.7 Å². The van der Waals surface area contributed by atoms with E-state index in [1.165, 1.54) is 12.1 Å². The Kier molecular flexibility index (Phi) is 6.79. The number of rotatable bonds is 4. The summed E-state index contributed by atoms with van der Waals surface area (Å²) in [4.78, 5) is 14.6. The van der Waals surface area contributed by atoms with Crippen molar-refractivity contribution in [3.8, 4) is 0 Å². The third-order valence-electron chi connectivity index (χ3n) is 7.60. The Balaban J connectivity index is 1.20. The monoisotopic (exact) mass is 561 g/mol. The van der Waals surface area contributed by atoms with Gasteiger partial charge in [-0.2, -0.15) is 10.2 Å². The smallest absolute Gasteiger partial charge is 0.414 e. The number of H-pyrrole nitrogens is 2. The van der Waals surface area contributed by atoms with Crippen molar-refractivity contribution in [1.29, 1.82) is 0 Å². The number of aromatic nitrogens is 4. The third-order valence-corrected chi connectivity index (χ3v) is 7.60. The fourth-order valence-corrected chi connectivity index (χ4v) is 5.58. The van der Waals surface area contributed by atoms with Gasteiger partial charge in [-0.25, -0.2) is 13.6 Å². The van der Waals surface area contributed by atoms with Gasteiger partial charge in [0.05, 0.1) is 22.8 Å². The Morgan fingerprint density at radius 1 is 1.07 bits per heavy atom. The Morgan fingerprint density at radius 3 is 2.59 bits per heavy atom. The molecule has 2 atom stereocenters. The number of aromatic amines is 2. The summed E-state index contributed by atoms with van der Waals surface area (Å²) in [7, 11) is 0. The highest BCUT2D eigenvalue weighted by Gasteiger charge is 2.31. The van der Waals surface area contributed by atoms with Gasteiger partial charge in [0.25, 0.3) is 0 Å². The van der Waals surface area contributed by atoms with E-state index in [0.29, 0.717) is 47.5 Å². The van der Waals surface area contributed by atoms with Crippen LogP contribution < -0.4 is 10.00 Å². The molecule has 0 spiro atoms. The van der Waals surface area contributed by atoms with E-state index in [0.717, 1.165) is 29.3 Å². The van der Waals surface area contributed by atoms with Crippen molar-refractivity contribution in [3.05, 3.63) is 71.6 Å². The molecule has 2 aliphatic heterocycles. The molecule has 0 aliphatic carbocycles. The molecule has 214 valence electrons. The molecule has 0 saturated heterocycles. The lowest BCUT2D eigenvalue weighted by Crippen LogP contribution is -2.42. The number of allylic oxidation sites excluding steroid dienone is 2. The molecule has 6 rings (SSSR count). The number of fused-ring (bicyclic) bond motifs is 2. The summed E-state index contributed by atoms with van der Waals surface area (Å²) in [5, 5.41) is 15.2. The minimum absolute atomic E-state index is 0.246. The number of amides is 1. The molecule has 0 saturated carbocycles. The number of benzene rings is 2. The van der Waals surface area contributed by atoms with Crippen LogP contribution in [0.5, 0.6) is 0 Å². The topological polar surface area (TPSA) is 89.9 Å². The molecule has 0 bridgehead atoms. The molecule has 2 unspecified atom stereocenters. The lowest BCUT2D eigenvalue weighted by atomic mass is 9.97. The Hall–Kier alpha value is -4.21. The van der Waals surface area contributed by atoms with Crippen molar-refractivity contribution in [3.63, 3.8) is 0 Å². The van der Waals surface area contributed by atoms with Crippen LogP contribution in [0.25, 0.3) is 33.2 Å². The quantitative estimate of drug-likeness (QED) is 0.272. The van der Waals surface area contributed by atoms with Crippen LogP contribution in [0, 0.1) is 23.5 Å². The number of ether oxygens (including phenoxy) is 1. The van der Waals surface area contributed by atoms with Gasteiger partial charge in [0.1, 0.15) is 22.8 Å². The molecule has 10 heteroatoms. The average molecular weight is 562 g/mol. The maximum atomic E-state index is 15.5. The second kappa shape index (κ2) is 10.3. The first-order chi connectivity index (χ1) is 19.5. The zero-order valence-corrected chi connectivity index (χ0v) is 23.7. The van der Waals surface area contributed by atoms with E-state index in [4.69, 9.17) is 4.74 Å². The average Bonchev–Trinajstić information content (AvgIpc) is 3.52. The summed E-state index contributed by atoms with van der Waals surface area (Å²) in [6.07, 6.45) is 8.65. The third kappa shape index (κ3) is 5.55. The first-order valence-electron chi connectivity index (χ1n) is 14.0. The van der Waals surface area contributed by atoms with Crippen LogP contribution in [0.4, 0.5) is 13.6 Å². The summed E-state index contributed by atoms with van der Waals surface area (Å²) in [5.41, 5.74) is 2.93. The van der Waals surface area contributed by atoms with Crippen molar-refractivity contribution < 1.29 is 23.0 Å². The molecule has 2 aliphatic rings. The van der Waals surface area contributed by atoms with Gasteiger partial charge >= 0.3 is 6.09 Å². The molecule has 0 fully saturated rings. The van der Waals surface area contributed by atoms with Gasteiger partial charge in [0, 0.05) is 53.4 Å². The second-order valence-corrected chi connectivity index (χ2v) is 12.2. The highest BCUT2D eigenvalue weighted by molar-refractivity contribution is 5.87. The van der Waals surface area contributed by atoms with Crippen molar-refractivity contribution in [2.75, 3.05) is 13.1 Å². The predicted molar refractivity (Wildman–Crippen MR) is 153 cm³/mol. The van der Waals surface area contributed by atoms with Crippen molar-refractivity contribution in [2.45, 2.75) is 52.7 Å². The first-order valence-corrected chi connectivity index (χ1v) is 14.0. The number of nitrogens with zero attached hydrogens (tertiary/aromatic N) is 3. The maximum Gasteiger partial charge on any atom is 0.414 e. The Labute approximate surface area is 237 Å². The van der Waals surface area contributed by atoms with Crippen LogP contribution in [-0.2, 0) is 11.3 Å². The molecular weight excluding hydrogens is 526 g/mol. The predicted octanol–water partition coefficient (Wildman–Crippen LogP) is 5.88. The van der Waals surface area contributed by atoms with Crippen LogP contribution >= 0.6 is 0 Å². The van der Waals surface area contributed by atoms with E-state index in [9.17, 15) is 9.18 Å². The van der Waals surface area contributed by atoms with Gasteiger partial charge in [-0.05, 0) is 51.7 Å². The van der Waals surface area contributed by atoms with Crippen LogP contribution in [0.2, 0.25) is 0 Å². The summed E-state index contributed by atoms with van der Waals surface area (Å²) < 4.78 is 37.7. The molecule has 3 N–H and O–H groups in total.